The highest BCUT2D eigenvalue weighted by molar-refractivity contribution is 6.30. The van der Waals surface area contributed by atoms with Gasteiger partial charge in [0.2, 0.25) is 0 Å². The number of halogens is 3. The molecule has 3 nitrogen and oxygen atoms in total. The van der Waals surface area contributed by atoms with Crippen LogP contribution in [0.4, 0.5) is 8.78 Å². The standard InChI is InChI=1S/C12H16ClF2NO2/c1-16(5-2-6-17)8-9-7-10(13)3-4-11(9)18-12(14)15/h3-4,7,12,17H,2,5-6,8H2,1H3. The van der Waals surface area contributed by atoms with Gasteiger partial charge in [0.05, 0.1) is 0 Å². The van der Waals surface area contributed by atoms with E-state index in [1.807, 2.05) is 11.9 Å². The Labute approximate surface area is 110 Å². The van der Waals surface area contributed by atoms with Crippen molar-refractivity contribution in [3.05, 3.63) is 28.8 Å². The van der Waals surface area contributed by atoms with Gasteiger partial charge in [-0.1, -0.05) is 11.6 Å². The molecule has 0 radical (unpaired) electrons. The molecule has 0 spiro atoms. The number of nitrogens with zero attached hydrogens (tertiary/aromatic N) is 1. The Hall–Kier alpha value is -0.910. The third-order valence-corrected chi connectivity index (χ3v) is 2.61. The van der Waals surface area contributed by atoms with E-state index in [-0.39, 0.29) is 12.4 Å². The molecule has 1 aromatic carbocycles. The van der Waals surface area contributed by atoms with E-state index in [1.54, 1.807) is 6.07 Å². The minimum absolute atomic E-state index is 0.0975. The van der Waals surface area contributed by atoms with Gasteiger partial charge in [-0.15, -0.1) is 0 Å². The molecule has 6 heteroatoms. The lowest BCUT2D eigenvalue weighted by Gasteiger charge is -2.18. The summed E-state index contributed by atoms with van der Waals surface area (Å²) in [5.74, 6) is 0.130. The highest BCUT2D eigenvalue weighted by Crippen LogP contribution is 2.25. The van der Waals surface area contributed by atoms with Crippen LogP contribution in [0, 0.1) is 0 Å². The van der Waals surface area contributed by atoms with Crippen molar-refractivity contribution in [3.63, 3.8) is 0 Å². The zero-order chi connectivity index (χ0) is 13.5. The van der Waals surface area contributed by atoms with Gasteiger partial charge >= 0.3 is 6.61 Å². The van der Waals surface area contributed by atoms with Crippen molar-refractivity contribution in [3.8, 4) is 5.75 Å². The van der Waals surface area contributed by atoms with Gasteiger partial charge in [-0.3, -0.25) is 0 Å². The molecule has 0 saturated carbocycles. The fourth-order valence-corrected chi connectivity index (χ4v) is 1.79. The number of ether oxygens (including phenoxy) is 1. The first kappa shape index (κ1) is 15.1. The van der Waals surface area contributed by atoms with Crippen LogP contribution in [0.3, 0.4) is 0 Å². The zero-order valence-electron chi connectivity index (χ0n) is 10.1. The maximum Gasteiger partial charge on any atom is 0.387 e. The molecule has 0 fully saturated rings. The van der Waals surface area contributed by atoms with Gasteiger partial charge in [0.15, 0.2) is 0 Å². The number of hydrogen-bond donors (Lipinski definition) is 1. The Bertz CT molecular complexity index is 377. The second-order valence-electron chi connectivity index (χ2n) is 3.95. The van der Waals surface area contributed by atoms with Crippen LogP contribution in [0.5, 0.6) is 5.75 Å². The molecule has 18 heavy (non-hydrogen) atoms. The minimum atomic E-state index is -2.85. The first-order valence-corrected chi connectivity index (χ1v) is 5.93. The fourth-order valence-electron chi connectivity index (χ4n) is 1.59. The Balaban J connectivity index is 2.75. The number of hydrogen-bond acceptors (Lipinski definition) is 3. The van der Waals surface area contributed by atoms with Crippen molar-refractivity contribution < 1.29 is 18.6 Å². The molecule has 0 saturated heterocycles. The van der Waals surface area contributed by atoms with Gasteiger partial charge in [-0.25, -0.2) is 0 Å². The molecule has 1 rings (SSSR count). The SMILES string of the molecule is CN(CCCO)Cc1cc(Cl)ccc1OC(F)F. The van der Waals surface area contributed by atoms with Gasteiger partial charge < -0.3 is 14.7 Å². The molecule has 0 aliphatic carbocycles. The molecule has 0 aliphatic rings. The van der Waals surface area contributed by atoms with E-state index < -0.39 is 6.61 Å². The normalized spacial score (nSPS) is 11.3. The summed E-state index contributed by atoms with van der Waals surface area (Å²) in [5.41, 5.74) is 0.600. The second-order valence-corrected chi connectivity index (χ2v) is 4.38. The Kier molecular flexibility index (Phi) is 6.32. The van der Waals surface area contributed by atoms with Crippen LogP contribution in [0.25, 0.3) is 0 Å². The van der Waals surface area contributed by atoms with E-state index in [4.69, 9.17) is 16.7 Å². The number of benzene rings is 1. The van der Waals surface area contributed by atoms with Crippen LogP contribution in [0.1, 0.15) is 12.0 Å². The predicted molar refractivity (Wildman–Crippen MR) is 66.1 cm³/mol. The maximum atomic E-state index is 12.2. The largest absolute Gasteiger partial charge is 0.434 e. The summed E-state index contributed by atoms with van der Waals surface area (Å²) in [6.45, 7) is -1.66. The van der Waals surface area contributed by atoms with Crippen LogP contribution < -0.4 is 4.74 Å². The molecular weight excluding hydrogens is 264 g/mol. The highest BCUT2D eigenvalue weighted by Gasteiger charge is 2.11. The van der Waals surface area contributed by atoms with Crippen molar-refractivity contribution in [1.82, 2.24) is 4.90 Å². The topological polar surface area (TPSA) is 32.7 Å². The lowest BCUT2D eigenvalue weighted by Crippen LogP contribution is -2.20. The third kappa shape index (κ3) is 5.16. The maximum absolute atomic E-state index is 12.2. The molecule has 0 amide bonds. The molecule has 1 N–H and O–H groups in total. The van der Waals surface area contributed by atoms with Crippen molar-refractivity contribution in [2.45, 2.75) is 19.6 Å². The van der Waals surface area contributed by atoms with Crippen molar-refractivity contribution >= 4 is 11.6 Å². The fraction of sp³-hybridized carbons (Fsp3) is 0.500. The van der Waals surface area contributed by atoms with E-state index in [0.717, 1.165) is 0 Å². The number of aliphatic hydroxyl groups excluding tert-OH is 1. The molecule has 0 unspecified atom stereocenters. The summed E-state index contributed by atoms with van der Waals surface area (Å²) in [5, 5.41) is 9.20. The molecule has 0 atom stereocenters. The van der Waals surface area contributed by atoms with Crippen LogP contribution in [-0.2, 0) is 6.54 Å². The van der Waals surface area contributed by atoms with E-state index in [1.165, 1.54) is 12.1 Å². The van der Waals surface area contributed by atoms with Gasteiger partial charge in [-0.05, 0) is 31.7 Å². The molecule has 0 aromatic heterocycles. The van der Waals surface area contributed by atoms with Crippen molar-refractivity contribution in [2.75, 3.05) is 20.2 Å². The highest BCUT2D eigenvalue weighted by atomic mass is 35.5. The lowest BCUT2D eigenvalue weighted by molar-refractivity contribution is -0.0507. The summed E-state index contributed by atoms with van der Waals surface area (Å²) in [7, 11) is 1.84. The summed E-state index contributed by atoms with van der Waals surface area (Å²) in [6.07, 6.45) is 0.627. The lowest BCUT2D eigenvalue weighted by atomic mass is 10.2. The quantitative estimate of drug-likeness (QED) is 0.833. The van der Waals surface area contributed by atoms with Crippen LogP contribution in [-0.4, -0.2) is 36.8 Å². The summed E-state index contributed by atoms with van der Waals surface area (Å²) in [4.78, 5) is 1.90. The van der Waals surface area contributed by atoms with Crippen LogP contribution >= 0.6 is 11.6 Å². The van der Waals surface area contributed by atoms with Gasteiger partial charge in [0.25, 0.3) is 0 Å². The average molecular weight is 280 g/mol. The van der Waals surface area contributed by atoms with Gasteiger partial charge in [0.1, 0.15) is 5.75 Å². The Morgan fingerprint density at radius 3 is 2.78 bits per heavy atom. The van der Waals surface area contributed by atoms with E-state index >= 15 is 0 Å². The molecule has 0 heterocycles. The Morgan fingerprint density at radius 1 is 1.44 bits per heavy atom. The second kappa shape index (κ2) is 7.51. The van der Waals surface area contributed by atoms with Crippen LogP contribution in [0.15, 0.2) is 18.2 Å². The number of aliphatic hydroxyl groups is 1. The first-order valence-electron chi connectivity index (χ1n) is 5.55. The van der Waals surface area contributed by atoms with E-state index in [9.17, 15) is 8.78 Å². The summed E-state index contributed by atoms with van der Waals surface area (Å²) in [6, 6.07) is 4.55. The van der Waals surface area contributed by atoms with Crippen molar-refractivity contribution in [2.24, 2.45) is 0 Å². The number of alkyl halides is 2. The molecule has 0 bridgehead atoms. The van der Waals surface area contributed by atoms with E-state index in [0.29, 0.717) is 30.1 Å². The summed E-state index contributed by atoms with van der Waals surface area (Å²) >= 11 is 5.84. The average Bonchev–Trinajstić information content (AvgIpc) is 2.29. The van der Waals surface area contributed by atoms with E-state index in [2.05, 4.69) is 4.74 Å². The summed E-state index contributed by atoms with van der Waals surface area (Å²) < 4.78 is 28.9. The predicted octanol–water partition coefficient (Wildman–Crippen LogP) is 2.76. The van der Waals surface area contributed by atoms with Crippen LogP contribution in [0.2, 0.25) is 5.02 Å². The Morgan fingerprint density at radius 2 is 2.17 bits per heavy atom. The monoisotopic (exact) mass is 279 g/mol. The van der Waals surface area contributed by atoms with Crippen molar-refractivity contribution in [1.29, 1.82) is 0 Å². The molecule has 0 aliphatic heterocycles. The number of rotatable bonds is 7. The molecular formula is C12H16ClF2NO2. The smallest absolute Gasteiger partial charge is 0.387 e. The first-order chi connectivity index (χ1) is 8.52. The van der Waals surface area contributed by atoms with Gasteiger partial charge in [0, 0.05) is 30.3 Å². The van der Waals surface area contributed by atoms with Gasteiger partial charge in [-0.2, -0.15) is 8.78 Å². The molecule has 1 aromatic rings. The minimum Gasteiger partial charge on any atom is -0.434 e. The third-order valence-electron chi connectivity index (χ3n) is 2.38. The zero-order valence-corrected chi connectivity index (χ0v) is 10.8. The molecule has 102 valence electrons.